The first-order valence-corrected chi connectivity index (χ1v) is 5.48. The van der Waals surface area contributed by atoms with Crippen LogP contribution in [0.1, 0.15) is 32.5 Å². The number of epoxide rings is 1. The Hall–Kier alpha value is -1.38. The fourth-order valence-electron chi connectivity index (χ4n) is 1.58. The topological polar surface area (TPSA) is 26.5 Å². The minimum absolute atomic E-state index is 0.0828. The van der Waals surface area contributed by atoms with E-state index in [-0.39, 0.29) is 5.54 Å². The summed E-state index contributed by atoms with van der Waals surface area (Å²) in [6.45, 7) is 6.07. The van der Waals surface area contributed by atoms with Crippen LogP contribution in [0.3, 0.4) is 0 Å². The summed E-state index contributed by atoms with van der Waals surface area (Å²) in [5.74, 6) is 0.656. The molecule has 0 aliphatic carbocycles. The zero-order valence-electron chi connectivity index (χ0n) is 9.83. The number of alkyl halides is 1. The van der Waals surface area contributed by atoms with E-state index in [0.717, 1.165) is 0 Å². The van der Waals surface area contributed by atoms with Crippen LogP contribution in [0.15, 0.2) is 30.3 Å². The van der Waals surface area contributed by atoms with E-state index in [9.17, 15) is 4.39 Å². The van der Waals surface area contributed by atoms with E-state index in [0.29, 0.717) is 11.5 Å². The van der Waals surface area contributed by atoms with Gasteiger partial charge >= 0.3 is 5.90 Å². The van der Waals surface area contributed by atoms with Crippen molar-refractivity contribution in [1.82, 2.24) is 0 Å². The first-order valence-electron chi connectivity index (χ1n) is 5.48. The summed E-state index contributed by atoms with van der Waals surface area (Å²) in [5.41, 5.74) is 0.582. The van der Waals surface area contributed by atoms with E-state index >= 15 is 0 Å². The largest absolute Gasteiger partial charge is 0.423 e. The lowest BCUT2D eigenvalue weighted by molar-refractivity contribution is -0.539. The Labute approximate surface area is 95.2 Å². The Kier molecular flexibility index (Phi) is 2.70. The predicted molar refractivity (Wildman–Crippen MR) is 60.9 cm³/mol. The van der Waals surface area contributed by atoms with E-state index in [1.54, 1.807) is 12.1 Å². The Balaban J connectivity index is 2.05. The van der Waals surface area contributed by atoms with E-state index in [4.69, 9.17) is 4.74 Å². The molecule has 1 aliphatic heterocycles. The van der Waals surface area contributed by atoms with Crippen LogP contribution in [0.4, 0.5) is 4.39 Å². The van der Waals surface area contributed by atoms with Crippen molar-refractivity contribution in [1.29, 1.82) is 0 Å². The van der Waals surface area contributed by atoms with Gasteiger partial charge in [-0.25, -0.2) is 9.38 Å². The molecule has 0 radical (unpaired) electrons. The number of hydrogen-bond donors (Lipinski definition) is 1. The van der Waals surface area contributed by atoms with Crippen LogP contribution in [-0.2, 0) is 4.74 Å². The first-order chi connectivity index (χ1) is 7.47. The van der Waals surface area contributed by atoms with E-state index in [2.05, 4.69) is 4.99 Å². The second kappa shape index (κ2) is 3.89. The Bertz CT molecular complexity index is 394. The maximum Gasteiger partial charge on any atom is 0.382 e. The number of nitrogens with one attached hydrogen (secondary N) is 1. The fraction of sp³-hybridized carbons (Fsp3) is 0.462. The number of ether oxygens (including phenoxy) is 1. The molecule has 2 rings (SSSR count). The quantitative estimate of drug-likeness (QED) is 0.752. The molecule has 86 valence electrons. The van der Waals surface area contributed by atoms with Crippen LogP contribution in [-0.4, -0.2) is 17.5 Å². The zero-order chi connectivity index (χ0) is 11.8. The molecule has 2 atom stereocenters. The van der Waals surface area contributed by atoms with Crippen molar-refractivity contribution < 1.29 is 14.1 Å². The van der Waals surface area contributed by atoms with Crippen LogP contribution in [0.5, 0.6) is 0 Å². The maximum atomic E-state index is 14.0. The van der Waals surface area contributed by atoms with Crippen molar-refractivity contribution in [3.05, 3.63) is 35.9 Å². The highest BCUT2D eigenvalue weighted by Crippen LogP contribution is 2.31. The lowest BCUT2D eigenvalue weighted by Gasteiger charge is -2.02. The van der Waals surface area contributed by atoms with Gasteiger partial charge in [0.05, 0.1) is 0 Å². The van der Waals surface area contributed by atoms with Crippen molar-refractivity contribution in [2.75, 3.05) is 0 Å². The lowest BCUT2D eigenvalue weighted by atomic mass is 10.1. The fourth-order valence-corrected chi connectivity index (χ4v) is 1.58. The smallest absolute Gasteiger partial charge is 0.382 e. The van der Waals surface area contributed by atoms with Gasteiger partial charge in [-0.1, -0.05) is 30.3 Å². The molecule has 0 unspecified atom stereocenters. The predicted octanol–water partition coefficient (Wildman–Crippen LogP) is 1.37. The normalized spacial score (nSPS) is 24.0. The molecule has 2 nitrogen and oxygen atoms in total. The molecule has 16 heavy (non-hydrogen) atoms. The maximum absolute atomic E-state index is 14.0. The van der Waals surface area contributed by atoms with E-state index < -0.39 is 12.3 Å². The van der Waals surface area contributed by atoms with Crippen molar-refractivity contribution in [2.45, 2.75) is 38.6 Å². The third-order valence-electron chi connectivity index (χ3n) is 2.34. The molecule has 0 bridgehead atoms. The highest BCUT2D eigenvalue weighted by Gasteiger charge is 2.50. The molecule has 3 heteroatoms. The number of halogens is 1. The molecule has 1 N–H and O–H groups in total. The monoisotopic (exact) mass is 222 g/mol. The molecule has 1 saturated heterocycles. The van der Waals surface area contributed by atoms with Gasteiger partial charge in [0, 0.05) is 0 Å². The van der Waals surface area contributed by atoms with Gasteiger partial charge in [0.1, 0.15) is 0 Å². The molecule has 1 aliphatic rings. The van der Waals surface area contributed by atoms with Gasteiger partial charge in [-0.2, -0.15) is 0 Å². The van der Waals surface area contributed by atoms with Crippen LogP contribution in [0.2, 0.25) is 0 Å². The molecule has 1 aromatic carbocycles. The summed E-state index contributed by atoms with van der Waals surface area (Å²) in [7, 11) is 0. The van der Waals surface area contributed by atoms with E-state index in [1.165, 1.54) is 0 Å². The molecule has 1 heterocycles. The molecule has 0 aromatic heterocycles. The van der Waals surface area contributed by atoms with Crippen LogP contribution < -0.4 is 4.99 Å². The van der Waals surface area contributed by atoms with Crippen molar-refractivity contribution in [3.8, 4) is 0 Å². The standard InChI is InChI=1S/C13H16FNO/c1-13(2,3)15-12-11(16-12)10(14)9-7-5-4-6-8-9/h4-8,10-11H,1-3H3/p+1/t10-,11+/m0/s1. The Morgan fingerprint density at radius 2 is 1.88 bits per heavy atom. The minimum Gasteiger partial charge on any atom is -0.423 e. The summed E-state index contributed by atoms with van der Waals surface area (Å²) in [6, 6.07) is 9.10. The lowest BCUT2D eigenvalue weighted by Crippen LogP contribution is -2.82. The third-order valence-corrected chi connectivity index (χ3v) is 2.34. The molecular formula is C13H17FNO+. The second-order valence-corrected chi connectivity index (χ2v) is 5.09. The number of rotatable bonds is 2. The Morgan fingerprint density at radius 3 is 2.44 bits per heavy atom. The summed E-state index contributed by atoms with van der Waals surface area (Å²) >= 11 is 0. The second-order valence-electron chi connectivity index (χ2n) is 5.09. The average Bonchev–Trinajstić information content (AvgIpc) is 2.95. The van der Waals surface area contributed by atoms with E-state index in [1.807, 2.05) is 39.0 Å². The summed E-state index contributed by atoms with van der Waals surface area (Å²) < 4.78 is 19.2. The van der Waals surface area contributed by atoms with Crippen LogP contribution in [0.25, 0.3) is 0 Å². The summed E-state index contributed by atoms with van der Waals surface area (Å²) in [5, 5.41) is 0. The van der Waals surface area contributed by atoms with Crippen LogP contribution in [0, 0.1) is 0 Å². The van der Waals surface area contributed by atoms with Gasteiger partial charge in [0.25, 0.3) is 6.10 Å². The molecule has 1 fully saturated rings. The summed E-state index contributed by atoms with van der Waals surface area (Å²) in [4.78, 5) is 3.15. The van der Waals surface area contributed by atoms with Crippen molar-refractivity contribution in [3.63, 3.8) is 0 Å². The van der Waals surface area contributed by atoms with Crippen LogP contribution >= 0.6 is 0 Å². The molecule has 0 saturated carbocycles. The van der Waals surface area contributed by atoms with Gasteiger partial charge in [-0.05, 0) is 26.3 Å². The zero-order valence-corrected chi connectivity index (χ0v) is 9.83. The van der Waals surface area contributed by atoms with Crippen molar-refractivity contribution in [2.24, 2.45) is 0 Å². The highest BCUT2D eigenvalue weighted by atomic mass is 19.1. The highest BCUT2D eigenvalue weighted by molar-refractivity contribution is 5.88. The summed E-state index contributed by atoms with van der Waals surface area (Å²) in [6.07, 6.45) is -1.51. The van der Waals surface area contributed by atoms with Crippen molar-refractivity contribution >= 4 is 5.90 Å². The molecular weight excluding hydrogens is 205 g/mol. The number of hydrogen-bond acceptors (Lipinski definition) is 1. The average molecular weight is 222 g/mol. The first kappa shape index (κ1) is 11.1. The van der Waals surface area contributed by atoms with Gasteiger partial charge in [0.15, 0.2) is 11.7 Å². The molecule has 1 aromatic rings. The molecule has 0 spiro atoms. The SMILES string of the molecule is CC(C)(C)[NH+]=C1O[C@@H]1[C@@H](F)c1ccccc1. The molecule has 0 amide bonds. The van der Waals surface area contributed by atoms with Gasteiger partial charge in [-0.15, -0.1) is 0 Å². The van der Waals surface area contributed by atoms with Gasteiger partial charge in [-0.3, -0.25) is 0 Å². The van der Waals surface area contributed by atoms with Gasteiger partial charge < -0.3 is 4.74 Å². The minimum atomic E-state index is -1.08. The Morgan fingerprint density at radius 1 is 1.25 bits per heavy atom. The number of benzene rings is 1. The third kappa shape index (κ3) is 2.60. The van der Waals surface area contributed by atoms with Gasteiger partial charge in [0.2, 0.25) is 0 Å².